The second-order valence-corrected chi connectivity index (χ2v) is 4.83. The maximum Gasteiger partial charge on any atom is 0.104 e. The predicted molar refractivity (Wildman–Crippen MR) is 62.9 cm³/mol. The Morgan fingerprint density at radius 3 is 2.86 bits per heavy atom. The van der Waals surface area contributed by atoms with Gasteiger partial charge in [-0.2, -0.15) is 0 Å². The SMILES string of the molecule is CCC1CNC(C)CN1CC=C(Cl)Cl. The fourth-order valence-corrected chi connectivity index (χ4v) is 1.98. The van der Waals surface area contributed by atoms with Crippen LogP contribution in [0.4, 0.5) is 0 Å². The highest BCUT2D eigenvalue weighted by atomic mass is 35.5. The summed E-state index contributed by atoms with van der Waals surface area (Å²) in [5, 5.41) is 3.47. The van der Waals surface area contributed by atoms with Gasteiger partial charge in [0.05, 0.1) is 0 Å². The zero-order valence-corrected chi connectivity index (χ0v) is 10.3. The summed E-state index contributed by atoms with van der Waals surface area (Å²) in [7, 11) is 0. The molecule has 0 aromatic rings. The summed E-state index contributed by atoms with van der Waals surface area (Å²) < 4.78 is 0.367. The molecule has 0 aromatic heterocycles. The summed E-state index contributed by atoms with van der Waals surface area (Å²) in [5.74, 6) is 0. The van der Waals surface area contributed by atoms with E-state index in [-0.39, 0.29) is 0 Å². The molecule has 1 saturated heterocycles. The minimum absolute atomic E-state index is 0.367. The van der Waals surface area contributed by atoms with E-state index in [0.29, 0.717) is 16.6 Å². The third-order valence-corrected chi connectivity index (χ3v) is 2.99. The van der Waals surface area contributed by atoms with Crippen LogP contribution in [0.3, 0.4) is 0 Å². The highest BCUT2D eigenvalue weighted by Gasteiger charge is 2.23. The van der Waals surface area contributed by atoms with Crippen molar-refractivity contribution in [2.45, 2.75) is 32.4 Å². The van der Waals surface area contributed by atoms with Crippen molar-refractivity contribution in [1.29, 1.82) is 0 Å². The number of hydrogen-bond donors (Lipinski definition) is 1. The van der Waals surface area contributed by atoms with Crippen molar-refractivity contribution >= 4 is 23.2 Å². The molecule has 0 amide bonds. The van der Waals surface area contributed by atoms with Crippen LogP contribution >= 0.6 is 23.2 Å². The average Bonchev–Trinajstić information content (AvgIpc) is 2.15. The monoisotopic (exact) mass is 236 g/mol. The van der Waals surface area contributed by atoms with E-state index in [9.17, 15) is 0 Å². The number of nitrogens with zero attached hydrogens (tertiary/aromatic N) is 1. The smallest absolute Gasteiger partial charge is 0.104 e. The van der Waals surface area contributed by atoms with E-state index in [4.69, 9.17) is 23.2 Å². The van der Waals surface area contributed by atoms with Gasteiger partial charge in [-0.1, -0.05) is 30.1 Å². The highest BCUT2D eigenvalue weighted by molar-refractivity contribution is 6.55. The van der Waals surface area contributed by atoms with Crippen molar-refractivity contribution in [1.82, 2.24) is 10.2 Å². The van der Waals surface area contributed by atoms with E-state index in [2.05, 4.69) is 24.1 Å². The minimum atomic E-state index is 0.367. The Hall–Kier alpha value is 0.240. The number of hydrogen-bond acceptors (Lipinski definition) is 2. The van der Waals surface area contributed by atoms with E-state index < -0.39 is 0 Å². The maximum atomic E-state index is 5.61. The molecule has 1 N–H and O–H groups in total. The van der Waals surface area contributed by atoms with Gasteiger partial charge in [-0.05, 0) is 19.4 Å². The van der Waals surface area contributed by atoms with Gasteiger partial charge in [0.2, 0.25) is 0 Å². The van der Waals surface area contributed by atoms with E-state index in [1.165, 1.54) is 0 Å². The molecular formula is C10H18Cl2N2. The molecule has 4 heteroatoms. The molecule has 82 valence electrons. The van der Waals surface area contributed by atoms with Crippen molar-refractivity contribution < 1.29 is 0 Å². The van der Waals surface area contributed by atoms with Gasteiger partial charge in [0.15, 0.2) is 0 Å². The lowest BCUT2D eigenvalue weighted by Gasteiger charge is -2.38. The number of nitrogens with one attached hydrogen (secondary N) is 1. The minimum Gasteiger partial charge on any atom is -0.311 e. The molecule has 0 spiro atoms. The van der Waals surface area contributed by atoms with Gasteiger partial charge in [0, 0.05) is 31.7 Å². The fourth-order valence-electron chi connectivity index (χ4n) is 1.84. The van der Waals surface area contributed by atoms with Crippen LogP contribution in [-0.2, 0) is 0 Å². The van der Waals surface area contributed by atoms with Crippen LogP contribution in [0.1, 0.15) is 20.3 Å². The molecule has 0 aromatic carbocycles. The van der Waals surface area contributed by atoms with Crippen molar-refractivity contribution in [3.05, 3.63) is 10.6 Å². The van der Waals surface area contributed by atoms with Crippen LogP contribution in [0.25, 0.3) is 0 Å². The Bertz CT molecular complexity index is 202. The molecule has 1 aliphatic rings. The zero-order chi connectivity index (χ0) is 10.6. The lowest BCUT2D eigenvalue weighted by atomic mass is 10.1. The molecule has 1 rings (SSSR count). The molecule has 1 fully saturated rings. The fraction of sp³-hybridized carbons (Fsp3) is 0.800. The van der Waals surface area contributed by atoms with E-state index >= 15 is 0 Å². The van der Waals surface area contributed by atoms with Crippen LogP contribution in [0.2, 0.25) is 0 Å². The molecule has 0 saturated carbocycles. The first kappa shape index (κ1) is 12.3. The Morgan fingerprint density at radius 1 is 1.57 bits per heavy atom. The lowest BCUT2D eigenvalue weighted by molar-refractivity contribution is 0.147. The van der Waals surface area contributed by atoms with Crippen LogP contribution in [0.15, 0.2) is 10.6 Å². The van der Waals surface area contributed by atoms with Crippen molar-refractivity contribution in [2.24, 2.45) is 0 Å². The van der Waals surface area contributed by atoms with Crippen LogP contribution in [0.5, 0.6) is 0 Å². The maximum absolute atomic E-state index is 5.61. The van der Waals surface area contributed by atoms with Crippen molar-refractivity contribution in [3.8, 4) is 0 Å². The number of piperazine rings is 1. The van der Waals surface area contributed by atoms with E-state index in [0.717, 1.165) is 26.1 Å². The van der Waals surface area contributed by atoms with Crippen molar-refractivity contribution in [2.75, 3.05) is 19.6 Å². The lowest BCUT2D eigenvalue weighted by Crippen LogP contribution is -2.55. The summed E-state index contributed by atoms with van der Waals surface area (Å²) in [6.07, 6.45) is 3.03. The molecule has 2 atom stereocenters. The summed E-state index contributed by atoms with van der Waals surface area (Å²) in [4.78, 5) is 2.42. The normalized spacial score (nSPS) is 28.9. The Labute approximate surface area is 96.2 Å². The third kappa shape index (κ3) is 3.77. The second kappa shape index (κ2) is 5.96. The first-order valence-electron chi connectivity index (χ1n) is 5.12. The average molecular weight is 237 g/mol. The van der Waals surface area contributed by atoms with Gasteiger partial charge in [-0.3, -0.25) is 4.90 Å². The zero-order valence-electron chi connectivity index (χ0n) is 8.76. The van der Waals surface area contributed by atoms with Gasteiger partial charge >= 0.3 is 0 Å². The Balaban J connectivity index is 2.48. The molecule has 2 nitrogen and oxygen atoms in total. The first-order chi connectivity index (χ1) is 6.63. The van der Waals surface area contributed by atoms with Gasteiger partial charge in [-0.25, -0.2) is 0 Å². The predicted octanol–water partition coefficient (Wildman–Crippen LogP) is 2.38. The van der Waals surface area contributed by atoms with Gasteiger partial charge in [0.25, 0.3) is 0 Å². The van der Waals surface area contributed by atoms with Crippen molar-refractivity contribution in [3.63, 3.8) is 0 Å². The molecular weight excluding hydrogens is 219 g/mol. The Kier molecular flexibility index (Phi) is 5.24. The van der Waals surface area contributed by atoms with Crippen LogP contribution < -0.4 is 5.32 Å². The van der Waals surface area contributed by atoms with E-state index in [1.54, 1.807) is 0 Å². The standard InChI is InChI=1S/C10H18Cl2N2/c1-3-9-6-13-8(2)7-14(9)5-4-10(11)12/h4,8-9,13H,3,5-7H2,1-2H3. The summed E-state index contributed by atoms with van der Waals surface area (Å²) in [6.45, 7) is 7.39. The van der Waals surface area contributed by atoms with Gasteiger partial charge in [0.1, 0.15) is 4.49 Å². The van der Waals surface area contributed by atoms with Crippen LogP contribution in [0, 0.1) is 0 Å². The molecule has 0 radical (unpaired) electrons. The highest BCUT2D eigenvalue weighted by Crippen LogP contribution is 2.12. The van der Waals surface area contributed by atoms with Gasteiger partial charge in [-0.15, -0.1) is 0 Å². The molecule has 1 aliphatic heterocycles. The number of rotatable bonds is 3. The third-order valence-electron chi connectivity index (χ3n) is 2.68. The van der Waals surface area contributed by atoms with E-state index in [1.807, 2.05) is 6.08 Å². The van der Waals surface area contributed by atoms with Crippen LogP contribution in [-0.4, -0.2) is 36.6 Å². The Morgan fingerprint density at radius 2 is 2.29 bits per heavy atom. The molecule has 0 bridgehead atoms. The molecule has 2 unspecified atom stereocenters. The summed E-state index contributed by atoms with van der Waals surface area (Å²) in [5.41, 5.74) is 0. The topological polar surface area (TPSA) is 15.3 Å². The largest absolute Gasteiger partial charge is 0.311 e. The number of halogens is 2. The first-order valence-corrected chi connectivity index (χ1v) is 5.87. The second-order valence-electron chi connectivity index (χ2n) is 3.82. The summed E-state index contributed by atoms with van der Waals surface area (Å²) in [6, 6.07) is 1.16. The molecule has 1 heterocycles. The molecule has 14 heavy (non-hydrogen) atoms. The quantitative estimate of drug-likeness (QED) is 0.810. The van der Waals surface area contributed by atoms with Gasteiger partial charge < -0.3 is 5.32 Å². The summed E-state index contributed by atoms with van der Waals surface area (Å²) >= 11 is 11.2. The molecule has 0 aliphatic carbocycles.